The first-order chi connectivity index (χ1) is 7.22. The maximum Gasteiger partial charge on any atom is 0.103 e. The van der Waals surface area contributed by atoms with Crippen molar-refractivity contribution in [1.82, 2.24) is 4.57 Å². The van der Waals surface area contributed by atoms with Gasteiger partial charge in [-0.2, -0.15) is 5.26 Å². The molecule has 0 radical (unpaired) electrons. The average Bonchev–Trinajstić information content (AvgIpc) is 2.69. The first-order valence-corrected chi connectivity index (χ1v) is 5.00. The van der Waals surface area contributed by atoms with Gasteiger partial charge in [0, 0.05) is 17.4 Å². The second-order valence-corrected chi connectivity index (χ2v) is 3.83. The predicted molar refractivity (Wildman–Crippen MR) is 60.5 cm³/mol. The SMILES string of the molecule is N#Cc1c(Cl)cc(Cl)cc1-n1cccc1. The zero-order chi connectivity index (χ0) is 10.8. The third-order valence-electron chi connectivity index (χ3n) is 2.03. The molecule has 0 aliphatic carbocycles. The van der Waals surface area contributed by atoms with Crippen LogP contribution in [0.4, 0.5) is 0 Å². The highest BCUT2D eigenvalue weighted by Crippen LogP contribution is 2.27. The molecule has 1 aromatic heterocycles. The van der Waals surface area contributed by atoms with Crippen molar-refractivity contribution in [3.05, 3.63) is 52.3 Å². The number of benzene rings is 1. The molecule has 1 heterocycles. The van der Waals surface area contributed by atoms with Crippen molar-refractivity contribution in [3.8, 4) is 11.8 Å². The minimum Gasteiger partial charge on any atom is -0.322 e. The zero-order valence-electron chi connectivity index (χ0n) is 7.61. The van der Waals surface area contributed by atoms with Crippen LogP contribution in [0.3, 0.4) is 0 Å². The lowest BCUT2D eigenvalue weighted by Crippen LogP contribution is -1.95. The van der Waals surface area contributed by atoms with E-state index in [2.05, 4.69) is 6.07 Å². The summed E-state index contributed by atoms with van der Waals surface area (Å²) in [5.41, 5.74) is 1.12. The highest BCUT2D eigenvalue weighted by Gasteiger charge is 2.09. The van der Waals surface area contributed by atoms with Gasteiger partial charge in [-0.1, -0.05) is 23.2 Å². The van der Waals surface area contributed by atoms with E-state index in [1.165, 1.54) is 0 Å². The van der Waals surface area contributed by atoms with Gasteiger partial charge >= 0.3 is 0 Å². The highest BCUT2D eigenvalue weighted by atomic mass is 35.5. The molecule has 74 valence electrons. The average molecular weight is 237 g/mol. The zero-order valence-corrected chi connectivity index (χ0v) is 9.13. The fourth-order valence-corrected chi connectivity index (χ4v) is 1.89. The number of halogens is 2. The monoisotopic (exact) mass is 236 g/mol. The molecule has 0 aliphatic heterocycles. The van der Waals surface area contributed by atoms with Gasteiger partial charge in [-0.15, -0.1) is 0 Å². The summed E-state index contributed by atoms with van der Waals surface area (Å²) in [6, 6.07) is 9.09. The van der Waals surface area contributed by atoms with E-state index in [0.29, 0.717) is 21.3 Å². The van der Waals surface area contributed by atoms with Gasteiger partial charge in [0.05, 0.1) is 16.3 Å². The third-order valence-corrected chi connectivity index (χ3v) is 2.54. The summed E-state index contributed by atoms with van der Waals surface area (Å²) >= 11 is 11.8. The molecule has 0 amide bonds. The maximum atomic E-state index is 9.00. The maximum absolute atomic E-state index is 9.00. The lowest BCUT2D eigenvalue weighted by Gasteiger charge is -2.07. The second kappa shape index (κ2) is 3.98. The summed E-state index contributed by atoms with van der Waals surface area (Å²) in [6.45, 7) is 0. The van der Waals surface area contributed by atoms with Crippen molar-refractivity contribution in [3.63, 3.8) is 0 Å². The van der Waals surface area contributed by atoms with Crippen LogP contribution in [0.1, 0.15) is 5.56 Å². The number of aromatic nitrogens is 1. The van der Waals surface area contributed by atoms with Crippen molar-refractivity contribution in [2.75, 3.05) is 0 Å². The van der Waals surface area contributed by atoms with E-state index in [9.17, 15) is 0 Å². The molecular weight excluding hydrogens is 231 g/mol. The quantitative estimate of drug-likeness (QED) is 0.743. The van der Waals surface area contributed by atoms with Crippen molar-refractivity contribution in [2.24, 2.45) is 0 Å². The molecule has 0 saturated carbocycles. The molecule has 15 heavy (non-hydrogen) atoms. The Labute approximate surface area is 97.3 Å². The third kappa shape index (κ3) is 1.85. The van der Waals surface area contributed by atoms with Gasteiger partial charge < -0.3 is 4.57 Å². The van der Waals surface area contributed by atoms with E-state index >= 15 is 0 Å². The molecule has 2 nitrogen and oxygen atoms in total. The fourth-order valence-electron chi connectivity index (χ4n) is 1.37. The molecule has 2 rings (SSSR count). The summed E-state index contributed by atoms with van der Waals surface area (Å²) in [5.74, 6) is 0. The van der Waals surface area contributed by atoms with Crippen LogP contribution in [-0.2, 0) is 0 Å². The predicted octanol–water partition coefficient (Wildman–Crippen LogP) is 3.66. The summed E-state index contributed by atoms with van der Waals surface area (Å²) in [4.78, 5) is 0. The minimum absolute atomic E-state index is 0.369. The van der Waals surface area contributed by atoms with Gasteiger partial charge in [0.2, 0.25) is 0 Å². The van der Waals surface area contributed by atoms with E-state index < -0.39 is 0 Å². The lowest BCUT2D eigenvalue weighted by atomic mass is 10.2. The molecule has 2 aromatic rings. The molecule has 0 spiro atoms. The number of hydrogen-bond donors (Lipinski definition) is 0. The summed E-state index contributed by atoms with van der Waals surface area (Å²) in [6.07, 6.45) is 3.67. The van der Waals surface area contributed by atoms with E-state index in [4.69, 9.17) is 28.5 Å². The molecule has 1 aromatic carbocycles. The lowest BCUT2D eigenvalue weighted by molar-refractivity contribution is 1.07. The van der Waals surface area contributed by atoms with E-state index in [1.54, 1.807) is 16.7 Å². The Morgan fingerprint density at radius 1 is 1.13 bits per heavy atom. The van der Waals surface area contributed by atoms with Gasteiger partial charge in [0.1, 0.15) is 6.07 Å². The van der Waals surface area contributed by atoms with Crippen molar-refractivity contribution < 1.29 is 0 Å². The number of nitrogens with zero attached hydrogens (tertiary/aromatic N) is 2. The van der Waals surface area contributed by atoms with Crippen LogP contribution in [0.5, 0.6) is 0 Å². The molecular formula is C11H6Cl2N2. The Morgan fingerprint density at radius 2 is 1.80 bits per heavy atom. The van der Waals surface area contributed by atoms with Gasteiger partial charge in [0.25, 0.3) is 0 Å². The van der Waals surface area contributed by atoms with Gasteiger partial charge in [-0.25, -0.2) is 0 Å². The largest absolute Gasteiger partial charge is 0.322 e. The molecule has 0 saturated heterocycles. The van der Waals surface area contributed by atoms with Crippen LogP contribution >= 0.6 is 23.2 Å². The van der Waals surface area contributed by atoms with E-state index in [1.807, 2.05) is 24.5 Å². The Hall–Kier alpha value is -1.43. The van der Waals surface area contributed by atoms with Gasteiger partial charge in [0.15, 0.2) is 0 Å². The van der Waals surface area contributed by atoms with Crippen LogP contribution in [0, 0.1) is 11.3 Å². The standard InChI is InChI=1S/C11H6Cl2N2/c12-8-5-10(13)9(7-14)11(6-8)15-3-1-2-4-15/h1-6H. The number of nitriles is 1. The van der Waals surface area contributed by atoms with Crippen LogP contribution in [0.2, 0.25) is 10.0 Å². The topological polar surface area (TPSA) is 28.7 Å². The Kier molecular flexibility index (Phi) is 2.68. The number of hydrogen-bond acceptors (Lipinski definition) is 1. The van der Waals surface area contributed by atoms with Crippen LogP contribution < -0.4 is 0 Å². The van der Waals surface area contributed by atoms with E-state index in [0.717, 1.165) is 0 Å². The Morgan fingerprint density at radius 3 is 2.40 bits per heavy atom. The van der Waals surface area contributed by atoms with Crippen LogP contribution in [-0.4, -0.2) is 4.57 Å². The van der Waals surface area contributed by atoms with Crippen LogP contribution in [0.15, 0.2) is 36.7 Å². The normalized spacial score (nSPS) is 9.93. The van der Waals surface area contributed by atoms with Gasteiger partial charge in [-0.3, -0.25) is 0 Å². The van der Waals surface area contributed by atoms with Crippen molar-refractivity contribution >= 4 is 23.2 Å². The summed E-state index contributed by atoms with van der Waals surface area (Å²) in [5, 5.41) is 9.88. The first-order valence-electron chi connectivity index (χ1n) is 4.25. The minimum atomic E-state index is 0.369. The molecule has 0 fully saturated rings. The second-order valence-electron chi connectivity index (χ2n) is 2.98. The molecule has 0 N–H and O–H groups in total. The first kappa shape index (κ1) is 10.1. The van der Waals surface area contributed by atoms with E-state index in [-0.39, 0.29) is 0 Å². The Bertz CT molecular complexity index is 524. The highest BCUT2D eigenvalue weighted by molar-refractivity contribution is 6.35. The molecule has 4 heteroatoms. The smallest absolute Gasteiger partial charge is 0.103 e. The molecule has 0 aliphatic rings. The molecule has 0 unspecified atom stereocenters. The summed E-state index contributed by atoms with van der Waals surface area (Å²) < 4.78 is 1.80. The van der Waals surface area contributed by atoms with Crippen LogP contribution in [0.25, 0.3) is 5.69 Å². The van der Waals surface area contributed by atoms with Gasteiger partial charge in [-0.05, 0) is 24.3 Å². The molecule has 0 bridgehead atoms. The summed E-state index contributed by atoms with van der Waals surface area (Å²) in [7, 11) is 0. The number of rotatable bonds is 1. The van der Waals surface area contributed by atoms with Crippen molar-refractivity contribution in [2.45, 2.75) is 0 Å². The fraction of sp³-hybridized carbons (Fsp3) is 0. The van der Waals surface area contributed by atoms with Crippen molar-refractivity contribution in [1.29, 1.82) is 5.26 Å². The molecule has 0 atom stereocenters. The Balaban J connectivity index is 2.71.